The summed E-state index contributed by atoms with van der Waals surface area (Å²) in [5.41, 5.74) is 1.96. The van der Waals surface area contributed by atoms with Gasteiger partial charge in [-0.2, -0.15) is 0 Å². The number of rotatable bonds is 8. The molecule has 0 spiro atoms. The monoisotopic (exact) mass is 487 g/mol. The zero-order valence-corrected chi connectivity index (χ0v) is 20.1. The molecule has 0 amide bonds. The summed E-state index contributed by atoms with van der Waals surface area (Å²) in [6.45, 7) is 0.484. The minimum absolute atomic E-state index is 0.132. The third kappa shape index (κ3) is 5.28. The van der Waals surface area contributed by atoms with Gasteiger partial charge in [-0.05, 0) is 41.8 Å². The van der Waals surface area contributed by atoms with Crippen LogP contribution < -0.4 is 9.47 Å². The van der Waals surface area contributed by atoms with Crippen LogP contribution in [-0.2, 0) is 25.5 Å². The Morgan fingerprint density at radius 3 is 1.85 bits per heavy atom. The summed E-state index contributed by atoms with van der Waals surface area (Å²) in [6, 6.07) is 10.5. The van der Waals surface area contributed by atoms with Gasteiger partial charge in [0.25, 0.3) is 0 Å². The van der Waals surface area contributed by atoms with Crippen LogP contribution in [0.1, 0.15) is 17.0 Å². The van der Waals surface area contributed by atoms with Crippen LogP contribution in [0.5, 0.6) is 17.2 Å². The molecule has 0 aromatic heterocycles. The van der Waals surface area contributed by atoms with Crippen molar-refractivity contribution in [2.75, 3.05) is 35.0 Å². The number of carbonyl (C=O) groups is 2. The van der Waals surface area contributed by atoms with E-state index in [0.717, 1.165) is 5.56 Å². The van der Waals surface area contributed by atoms with E-state index in [0.29, 0.717) is 23.6 Å². The first kappa shape index (κ1) is 25.0. The SMILES string of the molecule is COC(=O)C1=CN(CCc2ccc(Cl)cc2)C=C(C(=O)OC)C1c1cc(OC)c(O)c(OC)c1. The van der Waals surface area contributed by atoms with Crippen LogP contribution in [0, 0.1) is 0 Å². The predicted octanol–water partition coefficient (Wildman–Crippen LogP) is 3.82. The highest BCUT2D eigenvalue weighted by Crippen LogP contribution is 2.44. The van der Waals surface area contributed by atoms with Gasteiger partial charge < -0.3 is 29.0 Å². The number of hydrogen-bond donors (Lipinski definition) is 1. The zero-order chi connectivity index (χ0) is 24.8. The van der Waals surface area contributed by atoms with E-state index in [4.69, 9.17) is 30.5 Å². The van der Waals surface area contributed by atoms with Gasteiger partial charge in [0.05, 0.1) is 45.5 Å². The predicted molar refractivity (Wildman–Crippen MR) is 126 cm³/mol. The molecule has 180 valence electrons. The van der Waals surface area contributed by atoms with Crippen molar-refractivity contribution in [2.45, 2.75) is 12.3 Å². The smallest absolute Gasteiger partial charge is 0.336 e. The molecule has 9 heteroatoms. The zero-order valence-electron chi connectivity index (χ0n) is 19.3. The van der Waals surface area contributed by atoms with Crippen LogP contribution in [0.15, 0.2) is 59.9 Å². The summed E-state index contributed by atoms with van der Waals surface area (Å²) in [5.74, 6) is -1.98. The highest BCUT2D eigenvalue weighted by atomic mass is 35.5. The fourth-order valence-electron chi connectivity index (χ4n) is 3.77. The van der Waals surface area contributed by atoms with Gasteiger partial charge in [0.15, 0.2) is 11.5 Å². The molecule has 0 fully saturated rings. The number of carbonyl (C=O) groups excluding carboxylic acids is 2. The molecule has 0 saturated carbocycles. The van der Waals surface area contributed by atoms with Gasteiger partial charge in [0.1, 0.15) is 0 Å². The highest BCUT2D eigenvalue weighted by molar-refractivity contribution is 6.30. The largest absolute Gasteiger partial charge is 0.502 e. The molecule has 1 aliphatic heterocycles. The van der Waals surface area contributed by atoms with Gasteiger partial charge in [-0.1, -0.05) is 23.7 Å². The minimum Gasteiger partial charge on any atom is -0.502 e. The summed E-state index contributed by atoms with van der Waals surface area (Å²) in [7, 11) is 5.33. The van der Waals surface area contributed by atoms with Crippen LogP contribution in [0.3, 0.4) is 0 Å². The number of halogens is 1. The van der Waals surface area contributed by atoms with Crippen molar-refractivity contribution >= 4 is 23.5 Å². The van der Waals surface area contributed by atoms with Crippen molar-refractivity contribution in [3.63, 3.8) is 0 Å². The molecule has 1 N–H and O–H groups in total. The van der Waals surface area contributed by atoms with Gasteiger partial charge in [-0.15, -0.1) is 0 Å². The summed E-state index contributed by atoms with van der Waals surface area (Å²) in [5, 5.41) is 11.0. The first-order chi connectivity index (χ1) is 16.3. The number of aromatic hydroxyl groups is 1. The van der Waals surface area contributed by atoms with E-state index in [-0.39, 0.29) is 28.4 Å². The second kappa shape index (κ2) is 11.0. The maximum absolute atomic E-state index is 12.8. The molecule has 8 nitrogen and oxygen atoms in total. The normalized spacial score (nSPS) is 13.6. The third-order valence-electron chi connectivity index (χ3n) is 5.48. The molecule has 2 aromatic rings. The number of methoxy groups -OCH3 is 4. The van der Waals surface area contributed by atoms with Gasteiger partial charge in [0.2, 0.25) is 5.75 Å². The molecule has 3 rings (SSSR count). The van der Waals surface area contributed by atoms with Crippen molar-refractivity contribution in [1.82, 2.24) is 4.90 Å². The molecule has 0 bridgehead atoms. The Labute approximate surface area is 202 Å². The van der Waals surface area contributed by atoms with Gasteiger partial charge in [-0.25, -0.2) is 9.59 Å². The van der Waals surface area contributed by atoms with Crippen molar-refractivity contribution in [3.05, 3.63) is 76.1 Å². The lowest BCUT2D eigenvalue weighted by Gasteiger charge is -2.30. The number of nitrogens with zero attached hydrogens (tertiary/aromatic N) is 1. The molecule has 1 heterocycles. The Bertz CT molecular complexity index is 1070. The summed E-state index contributed by atoms with van der Waals surface area (Å²) in [6.07, 6.45) is 3.92. The van der Waals surface area contributed by atoms with Crippen LogP contribution in [0.2, 0.25) is 5.02 Å². The van der Waals surface area contributed by atoms with E-state index in [9.17, 15) is 14.7 Å². The second-order valence-corrected chi connectivity index (χ2v) is 7.91. The van der Waals surface area contributed by atoms with E-state index in [1.807, 2.05) is 12.1 Å². The fourth-order valence-corrected chi connectivity index (χ4v) is 3.89. The maximum atomic E-state index is 12.8. The lowest BCUT2D eigenvalue weighted by Crippen LogP contribution is -2.29. The molecule has 34 heavy (non-hydrogen) atoms. The van der Waals surface area contributed by atoms with Crippen molar-refractivity contribution in [1.29, 1.82) is 0 Å². The van der Waals surface area contributed by atoms with E-state index < -0.39 is 17.9 Å². The van der Waals surface area contributed by atoms with Crippen molar-refractivity contribution in [3.8, 4) is 17.2 Å². The van der Waals surface area contributed by atoms with Gasteiger partial charge in [-0.3, -0.25) is 0 Å². The molecule has 0 unspecified atom stereocenters. The number of phenolic OH excluding ortho intramolecular Hbond substituents is 1. The van der Waals surface area contributed by atoms with E-state index >= 15 is 0 Å². The van der Waals surface area contributed by atoms with E-state index in [1.165, 1.54) is 28.4 Å². The molecule has 2 aromatic carbocycles. The number of benzene rings is 2. The lowest BCUT2D eigenvalue weighted by atomic mass is 9.83. The molecular weight excluding hydrogens is 462 g/mol. The number of esters is 2. The molecule has 0 aliphatic carbocycles. The van der Waals surface area contributed by atoms with Crippen LogP contribution in [0.25, 0.3) is 0 Å². The molecular formula is C25H26ClNO7. The standard InChI is InChI=1S/C25H26ClNO7/c1-31-20-11-16(12-21(32-2)23(20)28)22-18(24(29)33-3)13-27(14-19(22)25(30)34-4)10-9-15-5-7-17(26)8-6-15/h5-8,11-14,22,28H,9-10H2,1-4H3. The Balaban J connectivity index is 2.06. The molecule has 0 saturated heterocycles. The topological polar surface area (TPSA) is 94.5 Å². The first-order valence-electron chi connectivity index (χ1n) is 10.4. The van der Waals surface area contributed by atoms with Crippen LogP contribution in [0.4, 0.5) is 0 Å². The quantitative estimate of drug-likeness (QED) is 0.561. The van der Waals surface area contributed by atoms with Crippen molar-refractivity contribution in [2.24, 2.45) is 0 Å². The van der Waals surface area contributed by atoms with E-state index in [1.54, 1.807) is 41.6 Å². The third-order valence-corrected chi connectivity index (χ3v) is 5.73. The molecule has 0 radical (unpaired) electrons. The Hall–Kier alpha value is -3.65. The lowest BCUT2D eigenvalue weighted by molar-refractivity contribution is -0.137. The fraction of sp³-hybridized carbons (Fsp3) is 0.280. The average molecular weight is 488 g/mol. The Morgan fingerprint density at radius 1 is 0.912 bits per heavy atom. The molecule has 0 atom stereocenters. The maximum Gasteiger partial charge on any atom is 0.336 e. The minimum atomic E-state index is -0.838. The first-order valence-corrected chi connectivity index (χ1v) is 10.8. The average Bonchev–Trinajstić information content (AvgIpc) is 2.87. The van der Waals surface area contributed by atoms with Crippen LogP contribution >= 0.6 is 11.6 Å². The van der Waals surface area contributed by atoms with Crippen LogP contribution in [-0.4, -0.2) is 56.9 Å². The molecule has 1 aliphatic rings. The van der Waals surface area contributed by atoms with Gasteiger partial charge in [0, 0.05) is 24.0 Å². The second-order valence-electron chi connectivity index (χ2n) is 7.47. The van der Waals surface area contributed by atoms with E-state index in [2.05, 4.69) is 0 Å². The van der Waals surface area contributed by atoms with Crippen molar-refractivity contribution < 1.29 is 33.6 Å². The Kier molecular flexibility index (Phi) is 8.07. The summed E-state index contributed by atoms with van der Waals surface area (Å²) >= 11 is 5.96. The van der Waals surface area contributed by atoms with Gasteiger partial charge >= 0.3 is 11.9 Å². The summed E-state index contributed by atoms with van der Waals surface area (Å²) < 4.78 is 20.6. The highest BCUT2D eigenvalue weighted by Gasteiger charge is 2.36. The Morgan fingerprint density at radius 2 is 1.41 bits per heavy atom. The number of ether oxygens (including phenoxy) is 4. The summed E-state index contributed by atoms with van der Waals surface area (Å²) in [4.78, 5) is 27.4. The number of hydrogen-bond acceptors (Lipinski definition) is 8. The number of phenols is 1.